The van der Waals surface area contributed by atoms with Gasteiger partial charge in [-0.2, -0.15) is 0 Å². The van der Waals surface area contributed by atoms with Crippen LogP contribution in [-0.2, 0) is 19.9 Å². The van der Waals surface area contributed by atoms with Crippen LogP contribution in [0.4, 0.5) is 4.79 Å². The highest BCUT2D eigenvalue weighted by molar-refractivity contribution is 6.03. The number of Topliss-reactive ketones (excluding diaryl/α,β-unsaturated/α-hetero) is 1. The van der Waals surface area contributed by atoms with Crippen LogP contribution in [-0.4, -0.2) is 30.7 Å². The van der Waals surface area contributed by atoms with E-state index in [-0.39, 0.29) is 12.5 Å². The molecule has 2 N–H and O–H groups in total. The van der Waals surface area contributed by atoms with E-state index in [4.69, 9.17) is 14.2 Å². The zero-order valence-electron chi connectivity index (χ0n) is 12.5. The molecule has 1 aromatic rings. The first-order chi connectivity index (χ1) is 10.4. The van der Waals surface area contributed by atoms with Crippen molar-refractivity contribution in [1.82, 2.24) is 5.32 Å². The number of methoxy groups -OCH3 is 1. The minimum Gasteiger partial charge on any atom is -0.501 e. The van der Waals surface area contributed by atoms with Crippen LogP contribution in [0.5, 0.6) is 5.75 Å². The number of ketones is 1. The highest BCUT2D eigenvalue weighted by atomic mass is 16.6. The lowest BCUT2D eigenvalue weighted by Gasteiger charge is -2.23. The molecule has 1 aliphatic heterocycles. The first-order valence-corrected chi connectivity index (χ1v) is 6.67. The number of aliphatic hydroxyl groups is 1. The third-order valence-electron chi connectivity index (χ3n) is 3.28. The quantitative estimate of drug-likeness (QED) is 0.883. The highest BCUT2D eigenvalue weighted by Crippen LogP contribution is 2.38. The molecule has 0 radical (unpaired) electrons. The largest absolute Gasteiger partial charge is 0.501 e. The maximum absolute atomic E-state index is 12.3. The summed E-state index contributed by atoms with van der Waals surface area (Å²) in [7, 11) is 1.50. The van der Waals surface area contributed by atoms with Gasteiger partial charge in [-0.1, -0.05) is 12.1 Å². The highest BCUT2D eigenvalue weighted by Gasteiger charge is 2.48. The van der Waals surface area contributed by atoms with E-state index in [0.29, 0.717) is 11.3 Å². The molecule has 0 aliphatic carbocycles. The van der Waals surface area contributed by atoms with E-state index in [0.717, 1.165) is 0 Å². The molecule has 1 unspecified atom stereocenters. The van der Waals surface area contributed by atoms with E-state index in [1.165, 1.54) is 14.0 Å². The summed E-state index contributed by atoms with van der Waals surface area (Å²) in [5.41, 5.74) is -0.961. The molecule has 1 aromatic carbocycles. The predicted octanol–water partition coefficient (Wildman–Crippen LogP) is 1.98. The van der Waals surface area contributed by atoms with Gasteiger partial charge in [-0.15, -0.1) is 0 Å². The summed E-state index contributed by atoms with van der Waals surface area (Å²) in [6, 6.07) is 6.71. The van der Waals surface area contributed by atoms with Crippen molar-refractivity contribution in [2.24, 2.45) is 0 Å². The molecule has 1 heterocycles. The van der Waals surface area contributed by atoms with Gasteiger partial charge in [0.05, 0.1) is 13.7 Å². The van der Waals surface area contributed by atoms with Crippen LogP contribution in [0.25, 0.3) is 0 Å². The number of carbonyl (C=O) groups is 2. The Morgan fingerprint density at radius 1 is 1.45 bits per heavy atom. The van der Waals surface area contributed by atoms with Gasteiger partial charge in [0.15, 0.2) is 5.60 Å². The van der Waals surface area contributed by atoms with Crippen LogP contribution >= 0.6 is 0 Å². The Morgan fingerprint density at radius 3 is 2.82 bits per heavy atom. The molecular formula is C15H17NO6. The Bertz CT molecular complexity index is 639. The van der Waals surface area contributed by atoms with Crippen molar-refractivity contribution in [2.75, 3.05) is 13.7 Å². The number of benzene rings is 1. The zero-order chi connectivity index (χ0) is 16.3. The molecule has 0 aromatic heterocycles. The molecule has 118 valence electrons. The van der Waals surface area contributed by atoms with Crippen molar-refractivity contribution in [1.29, 1.82) is 0 Å². The normalized spacial score (nSPS) is 20.6. The monoisotopic (exact) mass is 307 g/mol. The second kappa shape index (κ2) is 5.97. The number of alkyl carbamates (subject to hydrolysis) is 1. The zero-order valence-corrected chi connectivity index (χ0v) is 12.5. The van der Waals surface area contributed by atoms with E-state index < -0.39 is 23.2 Å². The van der Waals surface area contributed by atoms with Crippen molar-refractivity contribution in [3.8, 4) is 5.75 Å². The fraction of sp³-hybridized carbons (Fsp3) is 0.333. The van der Waals surface area contributed by atoms with Gasteiger partial charge in [0.2, 0.25) is 11.6 Å². The lowest BCUT2D eigenvalue weighted by Crippen LogP contribution is -2.32. The number of rotatable bonds is 4. The smallest absolute Gasteiger partial charge is 0.414 e. The number of nitrogens with one attached hydrogen (secondary N) is 1. The van der Waals surface area contributed by atoms with Gasteiger partial charge in [0, 0.05) is 5.56 Å². The molecule has 7 heteroatoms. The van der Waals surface area contributed by atoms with Crippen LogP contribution < -0.4 is 10.1 Å². The van der Waals surface area contributed by atoms with E-state index in [1.54, 1.807) is 31.2 Å². The summed E-state index contributed by atoms with van der Waals surface area (Å²) >= 11 is 0. The fourth-order valence-electron chi connectivity index (χ4n) is 2.08. The van der Waals surface area contributed by atoms with Gasteiger partial charge in [-0.05, 0) is 26.0 Å². The Kier molecular flexibility index (Phi) is 4.25. The SMILES string of the molecule is CCOC(=O)NC1=C(O)C(=O)C(C)(c2cccc(OC)c2)O1. The maximum Gasteiger partial charge on any atom is 0.414 e. The molecule has 0 saturated heterocycles. The standard InChI is InChI=1S/C15H17NO6/c1-4-21-14(19)16-13-11(17)12(18)15(2,22-13)9-6-5-7-10(8-9)20-3/h5-8,17H,4H2,1-3H3,(H,16,19). The molecule has 1 atom stereocenters. The molecule has 22 heavy (non-hydrogen) atoms. The second-order valence-electron chi connectivity index (χ2n) is 4.72. The van der Waals surface area contributed by atoms with E-state index in [9.17, 15) is 14.7 Å². The average molecular weight is 307 g/mol. The molecular weight excluding hydrogens is 290 g/mol. The Morgan fingerprint density at radius 2 is 2.18 bits per heavy atom. The second-order valence-corrected chi connectivity index (χ2v) is 4.72. The van der Waals surface area contributed by atoms with Crippen molar-refractivity contribution in [2.45, 2.75) is 19.4 Å². The number of hydrogen-bond donors (Lipinski definition) is 2. The Balaban J connectivity index is 2.27. The lowest BCUT2D eigenvalue weighted by atomic mass is 9.91. The fourth-order valence-corrected chi connectivity index (χ4v) is 2.08. The van der Waals surface area contributed by atoms with Crippen molar-refractivity contribution < 1.29 is 28.9 Å². The number of aliphatic hydroxyl groups excluding tert-OH is 1. The number of hydrogen-bond acceptors (Lipinski definition) is 6. The predicted molar refractivity (Wildman–Crippen MR) is 76.3 cm³/mol. The summed E-state index contributed by atoms with van der Waals surface area (Å²) in [6.45, 7) is 3.29. The molecule has 0 fully saturated rings. The number of carbonyl (C=O) groups excluding carboxylic acids is 2. The Labute approximate surface area is 127 Å². The van der Waals surface area contributed by atoms with Crippen LogP contribution in [0.2, 0.25) is 0 Å². The summed E-state index contributed by atoms with van der Waals surface area (Å²) in [4.78, 5) is 23.7. The minimum atomic E-state index is -1.45. The molecule has 2 rings (SSSR count). The minimum absolute atomic E-state index is 0.154. The van der Waals surface area contributed by atoms with E-state index in [2.05, 4.69) is 5.32 Å². The number of amides is 1. The van der Waals surface area contributed by atoms with Crippen LogP contribution in [0.3, 0.4) is 0 Å². The van der Waals surface area contributed by atoms with E-state index >= 15 is 0 Å². The van der Waals surface area contributed by atoms with Gasteiger partial charge in [0.1, 0.15) is 5.75 Å². The van der Waals surface area contributed by atoms with Gasteiger partial charge < -0.3 is 19.3 Å². The van der Waals surface area contributed by atoms with Crippen LogP contribution in [0.1, 0.15) is 19.4 Å². The first kappa shape index (κ1) is 15.7. The van der Waals surface area contributed by atoms with Crippen LogP contribution in [0.15, 0.2) is 35.9 Å². The van der Waals surface area contributed by atoms with Crippen molar-refractivity contribution in [3.63, 3.8) is 0 Å². The van der Waals surface area contributed by atoms with Crippen molar-refractivity contribution >= 4 is 11.9 Å². The topological polar surface area (TPSA) is 94.1 Å². The third kappa shape index (κ3) is 2.69. The molecule has 0 bridgehead atoms. The number of ether oxygens (including phenoxy) is 3. The summed E-state index contributed by atoms with van der Waals surface area (Å²) < 4.78 is 15.3. The average Bonchev–Trinajstić information content (AvgIpc) is 2.73. The van der Waals surface area contributed by atoms with Gasteiger partial charge in [-0.25, -0.2) is 4.79 Å². The first-order valence-electron chi connectivity index (χ1n) is 6.67. The van der Waals surface area contributed by atoms with Gasteiger partial charge in [-0.3, -0.25) is 10.1 Å². The molecule has 1 amide bonds. The maximum atomic E-state index is 12.3. The lowest BCUT2D eigenvalue weighted by molar-refractivity contribution is -0.131. The van der Waals surface area contributed by atoms with E-state index in [1.807, 2.05) is 0 Å². The molecule has 0 saturated carbocycles. The summed E-state index contributed by atoms with van der Waals surface area (Å²) in [5.74, 6) is -1.10. The van der Waals surface area contributed by atoms with Crippen molar-refractivity contribution in [3.05, 3.63) is 41.5 Å². The van der Waals surface area contributed by atoms with Crippen LogP contribution in [0, 0.1) is 0 Å². The summed E-state index contributed by atoms with van der Waals surface area (Å²) in [6.07, 6.45) is -0.813. The third-order valence-corrected chi connectivity index (χ3v) is 3.28. The summed E-state index contributed by atoms with van der Waals surface area (Å²) in [5, 5.41) is 12.1. The Hall–Kier alpha value is -2.70. The van der Waals surface area contributed by atoms with Gasteiger partial charge in [0.25, 0.3) is 5.78 Å². The van der Waals surface area contributed by atoms with Gasteiger partial charge >= 0.3 is 6.09 Å². The molecule has 7 nitrogen and oxygen atoms in total. The molecule has 1 aliphatic rings. The molecule has 0 spiro atoms.